The van der Waals surface area contributed by atoms with E-state index >= 15 is 0 Å². The summed E-state index contributed by atoms with van der Waals surface area (Å²) in [5.74, 6) is 0. The molecule has 0 spiro atoms. The van der Waals surface area contributed by atoms with E-state index in [1.54, 1.807) is 6.92 Å². The first-order chi connectivity index (χ1) is 8.30. The minimum atomic E-state index is -4.38. The quantitative estimate of drug-likeness (QED) is 0.782. The van der Waals surface area contributed by atoms with E-state index in [1.807, 2.05) is 0 Å². The summed E-state index contributed by atoms with van der Waals surface area (Å²) in [7, 11) is 0. The van der Waals surface area contributed by atoms with Gasteiger partial charge in [0, 0.05) is 5.56 Å². The van der Waals surface area contributed by atoms with Crippen molar-refractivity contribution in [2.24, 2.45) is 0 Å². The number of hydrogen-bond donors (Lipinski definition) is 0. The molecule has 0 saturated heterocycles. The van der Waals surface area contributed by atoms with Crippen LogP contribution in [0.25, 0.3) is 5.69 Å². The van der Waals surface area contributed by atoms with Crippen molar-refractivity contribution >= 4 is 23.1 Å². The topological polar surface area (TPSA) is 22.0 Å². The molecule has 0 unspecified atom stereocenters. The van der Waals surface area contributed by atoms with Gasteiger partial charge in [0.05, 0.1) is 11.3 Å². The highest BCUT2D eigenvalue weighted by atomic mass is 35.5. The van der Waals surface area contributed by atoms with Crippen molar-refractivity contribution in [3.63, 3.8) is 0 Å². The van der Waals surface area contributed by atoms with E-state index in [1.165, 1.54) is 16.1 Å². The Bertz CT molecular complexity index is 627. The highest BCUT2D eigenvalue weighted by Gasteiger charge is 2.30. The second-order valence-electron chi connectivity index (χ2n) is 3.63. The zero-order chi connectivity index (χ0) is 13.5. The maximum Gasteiger partial charge on any atom is 0.416 e. The second kappa shape index (κ2) is 4.44. The fourth-order valence-corrected chi connectivity index (χ4v) is 2.50. The van der Waals surface area contributed by atoms with Crippen molar-refractivity contribution in [3.8, 4) is 5.69 Å². The van der Waals surface area contributed by atoms with Crippen LogP contribution in [0.3, 0.4) is 0 Å². The van der Waals surface area contributed by atoms with E-state index in [0.29, 0.717) is 15.6 Å². The standard InChI is InChI=1S/C11H7ClF3NOS/c1-6-9(12)18-16(10(6)17)8-4-2-7(3-5-8)11(13,14)15/h2-5H,1H3. The lowest BCUT2D eigenvalue weighted by Crippen LogP contribution is -2.13. The molecule has 0 N–H and O–H groups in total. The summed E-state index contributed by atoms with van der Waals surface area (Å²) >= 11 is 6.80. The third-order valence-corrected chi connectivity index (χ3v) is 3.92. The highest BCUT2D eigenvalue weighted by Crippen LogP contribution is 2.30. The van der Waals surface area contributed by atoms with Crippen molar-refractivity contribution < 1.29 is 13.2 Å². The molecule has 0 aliphatic rings. The van der Waals surface area contributed by atoms with Crippen LogP contribution in [-0.2, 0) is 6.18 Å². The largest absolute Gasteiger partial charge is 0.416 e. The summed E-state index contributed by atoms with van der Waals surface area (Å²) in [6.45, 7) is 1.57. The normalized spacial score (nSPS) is 11.8. The van der Waals surface area contributed by atoms with Crippen LogP contribution in [-0.4, -0.2) is 3.96 Å². The van der Waals surface area contributed by atoms with Gasteiger partial charge in [0.15, 0.2) is 0 Å². The average molecular weight is 294 g/mol. The van der Waals surface area contributed by atoms with Gasteiger partial charge in [0.25, 0.3) is 5.56 Å². The van der Waals surface area contributed by atoms with Gasteiger partial charge in [-0.2, -0.15) is 13.2 Å². The fraction of sp³-hybridized carbons (Fsp3) is 0.182. The van der Waals surface area contributed by atoms with Crippen molar-refractivity contribution in [1.82, 2.24) is 3.96 Å². The van der Waals surface area contributed by atoms with Crippen LogP contribution in [0.5, 0.6) is 0 Å². The Morgan fingerprint density at radius 2 is 1.78 bits per heavy atom. The second-order valence-corrected chi connectivity index (χ2v) is 5.19. The molecule has 0 atom stereocenters. The molecule has 2 rings (SSSR count). The Labute approximate surface area is 109 Å². The van der Waals surface area contributed by atoms with Gasteiger partial charge in [0.1, 0.15) is 4.34 Å². The van der Waals surface area contributed by atoms with Crippen LogP contribution in [0.4, 0.5) is 13.2 Å². The zero-order valence-electron chi connectivity index (χ0n) is 9.08. The Morgan fingerprint density at radius 3 is 2.17 bits per heavy atom. The van der Waals surface area contributed by atoms with Crippen molar-refractivity contribution in [3.05, 3.63) is 50.1 Å². The lowest BCUT2D eigenvalue weighted by atomic mass is 10.2. The van der Waals surface area contributed by atoms with Crippen molar-refractivity contribution in [1.29, 1.82) is 0 Å². The first-order valence-corrected chi connectivity index (χ1v) is 6.02. The van der Waals surface area contributed by atoms with Crippen LogP contribution in [0.1, 0.15) is 11.1 Å². The van der Waals surface area contributed by atoms with E-state index in [2.05, 4.69) is 0 Å². The molecule has 0 aliphatic heterocycles. The molecule has 0 aliphatic carbocycles. The van der Waals surface area contributed by atoms with Gasteiger partial charge in [0.2, 0.25) is 0 Å². The number of alkyl halides is 3. The third-order valence-electron chi connectivity index (χ3n) is 2.40. The van der Waals surface area contributed by atoms with Gasteiger partial charge in [-0.25, -0.2) is 3.96 Å². The zero-order valence-corrected chi connectivity index (χ0v) is 10.7. The summed E-state index contributed by atoms with van der Waals surface area (Å²) < 4.78 is 38.7. The lowest BCUT2D eigenvalue weighted by molar-refractivity contribution is -0.137. The van der Waals surface area contributed by atoms with Gasteiger partial charge < -0.3 is 0 Å². The minimum Gasteiger partial charge on any atom is -0.268 e. The lowest BCUT2D eigenvalue weighted by Gasteiger charge is -2.07. The summed E-state index contributed by atoms with van der Waals surface area (Å²) in [5.41, 5.74) is -0.307. The maximum atomic E-state index is 12.4. The molecule has 1 aromatic heterocycles. The molecule has 0 saturated carbocycles. The molecule has 0 bridgehead atoms. The molecule has 0 radical (unpaired) electrons. The molecule has 1 aromatic carbocycles. The van der Waals surface area contributed by atoms with Crippen LogP contribution in [0.2, 0.25) is 4.34 Å². The van der Waals surface area contributed by atoms with Crippen LogP contribution >= 0.6 is 23.1 Å². The molecule has 0 amide bonds. The smallest absolute Gasteiger partial charge is 0.268 e. The van der Waals surface area contributed by atoms with E-state index in [-0.39, 0.29) is 5.56 Å². The Kier molecular flexibility index (Phi) is 3.25. The van der Waals surface area contributed by atoms with Crippen LogP contribution in [0, 0.1) is 6.92 Å². The fourth-order valence-electron chi connectivity index (χ4n) is 1.38. The summed E-state index contributed by atoms with van der Waals surface area (Å²) in [6.07, 6.45) is -4.38. The molecule has 2 aromatic rings. The van der Waals surface area contributed by atoms with Gasteiger partial charge >= 0.3 is 6.18 Å². The number of aromatic nitrogens is 1. The molecule has 18 heavy (non-hydrogen) atoms. The molecule has 2 nitrogen and oxygen atoms in total. The highest BCUT2D eigenvalue weighted by molar-refractivity contribution is 7.11. The summed E-state index contributed by atoms with van der Waals surface area (Å²) in [5, 5.41) is 0. The van der Waals surface area contributed by atoms with Gasteiger partial charge in [-0.1, -0.05) is 11.6 Å². The SMILES string of the molecule is Cc1c(Cl)sn(-c2ccc(C(F)(F)F)cc2)c1=O. The molecule has 0 fully saturated rings. The van der Waals surface area contributed by atoms with E-state index in [9.17, 15) is 18.0 Å². The monoisotopic (exact) mass is 293 g/mol. The van der Waals surface area contributed by atoms with Gasteiger partial charge in [-0.05, 0) is 42.7 Å². The minimum absolute atomic E-state index is 0.315. The number of rotatable bonds is 1. The first-order valence-electron chi connectivity index (χ1n) is 4.87. The van der Waals surface area contributed by atoms with E-state index < -0.39 is 11.7 Å². The number of benzene rings is 1. The average Bonchev–Trinajstić information content (AvgIpc) is 2.56. The molecule has 1 heterocycles. The van der Waals surface area contributed by atoms with Gasteiger partial charge in [-0.15, -0.1) is 0 Å². The Balaban J connectivity index is 2.47. The van der Waals surface area contributed by atoms with Crippen molar-refractivity contribution in [2.75, 3.05) is 0 Å². The van der Waals surface area contributed by atoms with Crippen molar-refractivity contribution in [2.45, 2.75) is 13.1 Å². The Morgan fingerprint density at radius 1 is 1.22 bits per heavy atom. The predicted molar refractivity (Wildman–Crippen MR) is 64.7 cm³/mol. The molecule has 7 heteroatoms. The summed E-state index contributed by atoms with van der Waals surface area (Å²) in [4.78, 5) is 11.7. The van der Waals surface area contributed by atoms with Crippen LogP contribution < -0.4 is 5.56 Å². The van der Waals surface area contributed by atoms with Gasteiger partial charge in [-0.3, -0.25) is 4.79 Å². The first kappa shape index (κ1) is 13.2. The van der Waals surface area contributed by atoms with E-state index in [0.717, 1.165) is 23.7 Å². The van der Waals surface area contributed by atoms with E-state index in [4.69, 9.17) is 11.6 Å². The Hall–Kier alpha value is -1.27. The molecular formula is C11H7ClF3NOS. The number of nitrogens with zero attached hydrogens (tertiary/aromatic N) is 1. The number of hydrogen-bond acceptors (Lipinski definition) is 2. The maximum absolute atomic E-state index is 12.4. The third kappa shape index (κ3) is 2.30. The van der Waals surface area contributed by atoms with Crippen LogP contribution in [0.15, 0.2) is 29.1 Å². The summed E-state index contributed by atoms with van der Waals surface area (Å²) in [6, 6.07) is 4.36. The molecule has 96 valence electrons. The molecular weight excluding hydrogens is 287 g/mol. The number of halogens is 4. The predicted octanol–water partition coefficient (Wildman–Crippen LogP) is 3.88.